The number of hydrogen-bond acceptors (Lipinski definition) is 3. The van der Waals surface area contributed by atoms with E-state index in [-0.39, 0.29) is 0 Å². The number of hydrogen-bond donors (Lipinski definition) is 1. The fraction of sp³-hybridized carbons (Fsp3) is 0.688. The van der Waals surface area contributed by atoms with Gasteiger partial charge in [0.15, 0.2) is 0 Å². The van der Waals surface area contributed by atoms with Gasteiger partial charge in [-0.15, -0.1) is 0 Å². The molecule has 1 aromatic rings. The third-order valence-corrected chi connectivity index (χ3v) is 3.93. The van der Waals surface area contributed by atoms with Gasteiger partial charge in [0.25, 0.3) is 0 Å². The van der Waals surface area contributed by atoms with Crippen molar-refractivity contribution in [2.75, 3.05) is 13.1 Å². The minimum atomic E-state index is 0.631. The van der Waals surface area contributed by atoms with Gasteiger partial charge in [-0.05, 0) is 30.9 Å². The first-order valence-electron chi connectivity index (χ1n) is 7.56. The number of rotatable bonds is 5. The van der Waals surface area contributed by atoms with E-state index in [1.54, 1.807) is 0 Å². The Balaban J connectivity index is 1.97. The molecule has 3 heteroatoms. The molecule has 1 aliphatic heterocycles. The van der Waals surface area contributed by atoms with E-state index in [0.29, 0.717) is 12.1 Å². The van der Waals surface area contributed by atoms with Crippen molar-refractivity contribution < 1.29 is 0 Å². The Morgan fingerprint density at radius 1 is 1.42 bits per heavy atom. The van der Waals surface area contributed by atoms with Gasteiger partial charge in [-0.2, -0.15) is 0 Å². The maximum absolute atomic E-state index is 4.47. The number of aromatic nitrogens is 1. The van der Waals surface area contributed by atoms with E-state index in [2.05, 4.69) is 48.1 Å². The van der Waals surface area contributed by atoms with Crippen molar-refractivity contribution >= 4 is 0 Å². The van der Waals surface area contributed by atoms with Gasteiger partial charge in [0.1, 0.15) is 0 Å². The van der Waals surface area contributed by atoms with E-state index in [1.807, 2.05) is 12.3 Å². The summed E-state index contributed by atoms with van der Waals surface area (Å²) in [6.45, 7) is 10.1. The van der Waals surface area contributed by atoms with Crippen LogP contribution >= 0.6 is 0 Å². The molecule has 19 heavy (non-hydrogen) atoms. The van der Waals surface area contributed by atoms with E-state index in [0.717, 1.165) is 25.6 Å². The van der Waals surface area contributed by atoms with Crippen LogP contribution in [-0.2, 0) is 6.54 Å². The summed E-state index contributed by atoms with van der Waals surface area (Å²) in [6.07, 6.45) is 4.35. The predicted octanol–water partition coefficient (Wildman–Crippen LogP) is 2.68. The second kappa shape index (κ2) is 7.01. The van der Waals surface area contributed by atoms with Gasteiger partial charge in [-0.1, -0.05) is 26.8 Å². The highest BCUT2D eigenvalue weighted by molar-refractivity contribution is 5.04. The van der Waals surface area contributed by atoms with Gasteiger partial charge >= 0.3 is 0 Å². The number of piperazine rings is 1. The highest BCUT2D eigenvalue weighted by Gasteiger charge is 2.27. The maximum atomic E-state index is 4.47. The van der Waals surface area contributed by atoms with Gasteiger partial charge in [0.2, 0.25) is 0 Å². The molecule has 0 aliphatic carbocycles. The van der Waals surface area contributed by atoms with Gasteiger partial charge in [-0.3, -0.25) is 9.88 Å². The number of pyridine rings is 1. The molecule has 2 atom stereocenters. The second-order valence-electron chi connectivity index (χ2n) is 6.05. The first kappa shape index (κ1) is 14.5. The molecule has 0 spiro atoms. The Kier molecular flexibility index (Phi) is 5.34. The fourth-order valence-corrected chi connectivity index (χ4v) is 2.95. The van der Waals surface area contributed by atoms with Gasteiger partial charge in [0, 0.05) is 37.9 Å². The molecule has 1 N–H and O–H groups in total. The van der Waals surface area contributed by atoms with Gasteiger partial charge in [0.05, 0.1) is 5.69 Å². The molecule has 0 radical (unpaired) electrons. The summed E-state index contributed by atoms with van der Waals surface area (Å²) in [5.74, 6) is 0.757. The van der Waals surface area contributed by atoms with Crippen molar-refractivity contribution in [3.05, 3.63) is 30.1 Å². The molecule has 1 aromatic heterocycles. The van der Waals surface area contributed by atoms with E-state index in [1.165, 1.54) is 18.5 Å². The van der Waals surface area contributed by atoms with Crippen LogP contribution in [0, 0.1) is 5.92 Å². The van der Waals surface area contributed by atoms with E-state index >= 15 is 0 Å². The smallest absolute Gasteiger partial charge is 0.0544 e. The van der Waals surface area contributed by atoms with Crippen LogP contribution in [-0.4, -0.2) is 35.1 Å². The standard InChI is InChI=1S/C16H27N3/c1-4-16-10-18-15(9-13(2)3)12-19(16)11-14-7-5-6-8-17-14/h5-8,13,15-16,18H,4,9-12H2,1-3H3. The molecule has 106 valence electrons. The van der Waals surface area contributed by atoms with Crippen LogP contribution in [0.4, 0.5) is 0 Å². The quantitative estimate of drug-likeness (QED) is 0.883. The van der Waals surface area contributed by atoms with Crippen molar-refractivity contribution in [1.29, 1.82) is 0 Å². The zero-order chi connectivity index (χ0) is 13.7. The van der Waals surface area contributed by atoms with Crippen molar-refractivity contribution in [3.8, 4) is 0 Å². The molecule has 3 nitrogen and oxygen atoms in total. The van der Waals surface area contributed by atoms with Crippen molar-refractivity contribution in [2.45, 2.75) is 52.2 Å². The SMILES string of the molecule is CCC1CNC(CC(C)C)CN1Cc1ccccn1. The van der Waals surface area contributed by atoms with Crippen LogP contribution in [0.2, 0.25) is 0 Å². The van der Waals surface area contributed by atoms with E-state index in [9.17, 15) is 0 Å². The lowest BCUT2D eigenvalue weighted by atomic mass is 9.99. The second-order valence-corrected chi connectivity index (χ2v) is 6.05. The van der Waals surface area contributed by atoms with Crippen molar-refractivity contribution in [2.24, 2.45) is 5.92 Å². The lowest BCUT2D eigenvalue weighted by Crippen LogP contribution is -2.56. The minimum Gasteiger partial charge on any atom is -0.311 e. The van der Waals surface area contributed by atoms with E-state index < -0.39 is 0 Å². The Morgan fingerprint density at radius 2 is 2.26 bits per heavy atom. The average Bonchev–Trinajstić information content (AvgIpc) is 2.39. The van der Waals surface area contributed by atoms with Crippen LogP contribution in [0.1, 0.15) is 39.3 Å². The average molecular weight is 261 g/mol. The van der Waals surface area contributed by atoms with Gasteiger partial charge < -0.3 is 5.32 Å². The van der Waals surface area contributed by atoms with Crippen LogP contribution < -0.4 is 5.32 Å². The predicted molar refractivity (Wildman–Crippen MR) is 80.0 cm³/mol. The van der Waals surface area contributed by atoms with Crippen LogP contribution in [0.25, 0.3) is 0 Å². The normalized spacial score (nSPS) is 24.8. The maximum Gasteiger partial charge on any atom is 0.0544 e. The van der Waals surface area contributed by atoms with E-state index in [4.69, 9.17) is 0 Å². The molecule has 0 aromatic carbocycles. The molecule has 0 bridgehead atoms. The van der Waals surface area contributed by atoms with Crippen LogP contribution in [0.15, 0.2) is 24.4 Å². The highest BCUT2D eigenvalue weighted by atomic mass is 15.2. The lowest BCUT2D eigenvalue weighted by Gasteiger charge is -2.40. The topological polar surface area (TPSA) is 28.2 Å². The molecule has 1 saturated heterocycles. The van der Waals surface area contributed by atoms with Crippen LogP contribution in [0.5, 0.6) is 0 Å². The van der Waals surface area contributed by atoms with Crippen molar-refractivity contribution in [1.82, 2.24) is 15.2 Å². The fourth-order valence-electron chi connectivity index (χ4n) is 2.95. The first-order chi connectivity index (χ1) is 9.19. The molecule has 2 unspecified atom stereocenters. The number of nitrogens with zero attached hydrogens (tertiary/aromatic N) is 2. The Morgan fingerprint density at radius 3 is 2.89 bits per heavy atom. The lowest BCUT2D eigenvalue weighted by molar-refractivity contribution is 0.110. The molecule has 1 fully saturated rings. The van der Waals surface area contributed by atoms with Gasteiger partial charge in [-0.25, -0.2) is 0 Å². The molecule has 2 rings (SSSR count). The summed E-state index contributed by atoms with van der Waals surface area (Å²) < 4.78 is 0. The summed E-state index contributed by atoms with van der Waals surface area (Å²) in [4.78, 5) is 7.07. The highest BCUT2D eigenvalue weighted by Crippen LogP contribution is 2.17. The molecule has 1 aliphatic rings. The Bertz CT molecular complexity index is 364. The third-order valence-electron chi connectivity index (χ3n) is 3.93. The van der Waals surface area contributed by atoms with Crippen LogP contribution in [0.3, 0.4) is 0 Å². The molecule has 2 heterocycles. The summed E-state index contributed by atoms with van der Waals surface area (Å²) >= 11 is 0. The first-order valence-corrected chi connectivity index (χ1v) is 7.56. The summed E-state index contributed by atoms with van der Waals surface area (Å²) in [5, 5.41) is 3.71. The Labute approximate surface area is 117 Å². The molecular weight excluding hydrogens is 234 g/mol. The number of nitrogens with one attached hydrogen (secondary N) is 1. The minimum absolute atomic E-state index is 0.631. The summed E-state index contributed by atoms with van der Waals surface area (Å²) in [7, 11) is 0. The summed E-state index contributed by atoms with van der Waals surface area (Å²) in [6, 6.07) is 7.47. The zero-order valence-electron chi connectivity index (χ0n) is 12.5. The monoisotopic (exact) mass is 261 g/mol. The zero-order valence-corrected chi connectivity index (χ0v) is 12.5. The third kappa shape index (κ3) is 4.29. The molecule has 0 amide bonds. The van der Waals surface area contributed by atoms with Crippen molar-refractivity contribution in [3.63, 3.8) is 0 Å². The largest absolute Gasteiger partial charge is 0.311 e. The molecule has 0 saturated carbocycles. The Hall–Kier alpha value is -0.930. The summed E-state index contributed by atoms with van der Waals surface area (Å²) in [5.41, 5.74) is 1.19. The molecular formula is C16H27N3.